The van der Waals surface area contributed by atoms with Crippen LogP contribution in [0.25, 0.3) is 0 Å². The second kappa shape index (κ2) is 7.75. The Morgan fingerprint density at radius 1 is 1.43 bits per heavy atom. The smallest absolute Gasteiger partial charge is 0.0738 e. The SMILES string of the molecule is CCNC(Cc1c(Br)c(C)nn1C)CC1CC(OCC)C1. The van der Waals surface area contributed by atoms with Crippen molar-refractivity contribution in [2.75, 3.05) is 13.2 Å². The molecule has 1 unspecified atom stereocenters. The fourth-order valence-electron chi connectivity index (χ4n) is 3.30. The molecule has 0 bridgehead atoms. The first-order valence-electron chi connectivity index (χ1n) is 8.08. The highest BCUT2D eigenvalue weighted by atomic mass is 79.9. The van der Waals surface area contributed by atoms with E-state index in [9.17, 15) is 0 Å². The number of halogens is 1. The molecule has 1 aromatic heterocycles. The minimum absolute atomic E-state index is 0.507. The van der Waals surface area contributed by atoms with Crippen molar-refractivity contribution in [1.82, 2.24) is 15.1 Å². The van der Waals surface area contributed by atoms with Crippen molar-refractivity contribution in [2.24, 2.45) is 13.0 Å². The van der Waals surface area contributed by atoms with Gasteiger partial charge in [0.15, 0.2) is 0 Å². The minimum atomic E-state index is 0.507. The number of hydrogen-bond acceptors (Lipinski definition) is 3. The topological polar surface area (TPSA) is 39.1 Å². The maximum absolute atomic E-state index is 5.67. The standard InChI is InChI=1S/C16H28BrN3O/c1-5-18-13(7-12-8-14(9-12)21-6-2)10-15-16(17)11(3)19-20(15)4/h12-14,18H,5-10H2,1-4H3. The Labute approximate surface area is 136 Å². The van der Waals surface area contributed by atoms with Gasteiger partial charge in [0.05, 0.1) is 22.0 Å². The summed E-state index contributed by atoms with van der Waals surface area (Å²) in [5, 5.41) is 8.13. The normalized spacial score (nSPS) is 23.1. The maximum Gasteiger partial charge on any atom is 0.0738 e. The zero-order valence-corrected chi connectivity index (χ0v) is 15.2. The molecule has 2 rings (SSSR count). The lowest BCUT2D eigenvalue weighted by Crippen LogP contribution is -2.39. The third-order valence-corrected chi connectivity index (χ3v) is 5.44. The third kappa shape index (κ3) is 4.30. The van der Waals surface area contributed by atoms with Gasteiger partial charge in [0.25, 0.3) is 0 Å². The van der Waals surface area contributed by atoms with Crippen LogP contribution in [0.1, 0.15) is 44.5 Å². The molecule has 1 atom stereocenters. The second-order valence-electron chi connectivity index (χ2n) is 6.08. The largest absolute Gasteiger partial charge is 0.378 e. The summed E-state index contributed by atoms with van der Waals surface area (Å²) >= 11 is 3.68. The summed E-state index contributed by atoms with van der Waals surface area (Å²) < 4.78 is 8.84. The number of ether oxygens (including phenoxy) is 1. The van der Waals surface area contributed by atoms with Crippen LogP contribution in [-0.4, -0.2) is 35.1 Å². The molecule has 1 aromatic rings. The molecule has 0 amide bonds. The molecule has 1 saturated carbocycles. The summed E-state index contributed by atoms with van der Waals surface area (Å²) in [7, 11) is 2.03. The van der Waals surface area contributed by atoms with E-state index in [-0.39, 0.29) is 0 Å². The molecule has 21 heavy (non-hydrogen) atoms. The molecule has 5 heteroatoms. The molecule has 0 radical (unpaired) electrons. The predicted molar refractivity (Wildman–Crippen MR) is 89.6 cm³/mol. The van der Waals surface area contributed by atoms with Crippen molar-refractivity contribution in [3.05, 3.63) is 15.9 Å². The number of hydrogen-bond donors (Lipinski definition) is 1. The summed E-state index contributed by atoms with van der Waals surface area (Å²) in [6.07, 6.45) is 5.21. The van der Waals surface area contributed by atoms with Gasteiger partial charge in [-0.3, -0.25) is 4.68 Å². The Balaban J connectivity index is 1.90. The van der Waals surface area contributed by atoms with E-state index in [1.165, 1.54) is 25.0 Å². The van der Waals surface area contributed by atoms with Crippen LogP contribution in [0.5, 0.6) is 0 Å². The van der Waals surface area contributed by atoms with Gasteiger partial charge in [-0.15, -0.1) is 0 Å². The minimum Gasteiger partial charge on any atom is -0.378 e. The molecular weight excluding hydrogens is 330 g/mol. The fourth-order valence-corrected chi connectivity index (χ4v) is 3.80. The lowest BCUT2D eigenvalue weighted by Gasteiger charge is -2.37. The van der Waals surface area contributed by atoms with Gasteiger partial charge in [-0.2, -0.15) is 5.10 Å². The van der Waals surface area contributed by atoms with E-state index in [2.05, 4.69) is 47.1 Å². The molecule has 120 valence electrons. The van der Waals surface area contributed by atoms with Gasteiger partial charge >= 0.3 is 0 Å². The van der Waals surface area contributed by atoms with Crippen molar-refractivity contribution >= 4 is 15.9 Å². The van der Waals surface area contributed by atoms with E-state index < -0.39 is 0 Å². The summed E-state index contributed by atoms with van der Waals surface area (Å²) in [5.41, 5.74) is 2.36. The van der Waals surface area contributed by atoms with E-state index in [4.69, 9.17) is 4.74 Å². The van der Waals surface area contributed by atoms with E-state index in [0.29, 0.717) is 12.1 Å². The number of rotatable bonds is 8. The zero-order chi connectivity index (χ0) is 15.4. The van der Waals surface area contributed by atoms with Crippen LogP contribution in [0.4, 0.5) is 0 Å². The van der Waals surface area contributed by atoms with Crippen molar-refractivity contribution in [3.8, 4) is 0 Å². The molecule has 4 nitrogen and oxygen atoms in total. The first-order chi connectivity index (χ1) is 10.0. The summed E-state index contributed by atoms with van der Waals surface area (Å²) in [6, 6.07) is 0.522. The summed E-state index contributed by atoms with van der Waals surface area (Å²) in [6.45, 7) is 8.17. The molecular formula is C16H28BrN3O. The molecule has 1 aliphatic carbocycles. The van der Waals surface area contributed by atoms with E-state index in [0.717, 1.165) is 35.7 Å². The molecule has 1 aliphatic rings. The highest BCUT2D eigenvalue weighted by Gasteiger charge is 2.31. The van der Waals surface area contributed by atoms with E-state index in [1.54, 1.807) is 0 Å². The average Bonchev–Trinajstić information content (AvgIpc) is 2.63. The Bertz CT molecular complexity index is 455. The van der Waals surface area contributed by atoms with Gasteiger partial charge < -0.3 is 10.1 Å². The van der Waals surface area contributed by atoms with Crippen LogP contribution in [-0.2, 0) is 18.2 Å². The van der Waals surface area contributed by atoms with Gasteiger partial charge in [0.1, 0.15) is 0 Å². The Kier molecular flexibility index (Phi) is 6.26. The van der Waals surface area contributed by atoms with E-state index in [1.807, 2.05) is 11.7 Å². The Morgan fingerprint density at radius 2 is 2.14 bits per heavy atom. The monoisotopic (exact) mass is 357 g/mol. The molecule has 1 N–H and O–H groups in total. The maximum atomic E-state index is 5.67. The number of nitrogens with zero attached hydrogens (tertiary/aromatic N) is 2. The fraction of sp³-hybridized carbons (Fsp3) is 0.812. The van der Waals surface area contributed by atoms with Gasteiger partial charge in [0.2, 0.25) is 0 Å². The van der Waals surface area contributed by atoms with Crippen molar-refractivity contribution < 1.29 is 4.74 Å². The predicted octanol–water partition coefficient (Wildman–Crippen LogP) is 3.22. The summed E-state index contributed by atoms with van der Waals surface area (Å²) in [5.74, 6) is 0.804. The lowest BCUT2D eigenvalue weighted by molar-refractivity contribution is -0.0290. The molecule has 0 aliphatic heterocycles. The molecule has 0 spiro atoms. The lowest BCUT2D eigenvalue weighted by atomic mass is 9.77. The van der Waals surface area contributed by atoms with Crippen molar-refractivity contribution in [3.63, 3.8) is 0 Å². The number of nitrogens with one attached hydrogen (secondary N) is 1. The van der Waals surface area contributed by atoms with Crippen LogP contribution < -0.4 is 5.32 Å². The van der Waals surface area contributed by atoms with Crippen molar-refractivity contribution in [1.29, 1.82) is 0 Å². The first-order valence-corrected chi connectivity index (χ1v) is 8.87. The number of aryl methyl sites for hydroxylation is 2. The summed E-state index contributed by atoms with van der Waals surface area (Å²) in [4.78, 5) is 0. The molecule has 0 aromatic carbocycles. The zero-order valence-electron chi connectivity index (χ0n) is 13.7. The quantitative estimate of drug-likeness (QED) is 0.776. The Morgan fingerprint density at radius 3 is 2.67 bits per heavy atom. The van der Waals surface area contributed by atoms with Crippen LogP contribution in [0.2, 0.25) is 0 Å². The Hall–Kier alpha value is -0.390. The van der Waals surface area contributed by atoms with Gasteiger partial charge in [0, 0.05) is 26.1 Å². The number of likely N-dealkylation sites (N-methyl/N-ethyl adjacent to an activating group) is 1. The highest BCUT2D eigenvalue weighted by Crippen LogP contribution is 2.34. The average molecular weight is 358 g/mol. The molecule has 1 fully saturated rings. The van der Waals surface area contributed by atoms with E-state index >= 15 is 0 Å². The van der Waals surface area contributed by atoms with Crippen molar-refractivity contribution in [2.45, 2.75) is 58.6 Å². The van der Waals surface area contributed by atoms with Gasteiger partial charge in [-0.1, -0.05) is 6.92 Å². The van der Waals surface area contributed by atoms with Crippen LogP contribution in [0.15, 0.2) is 4.47 Å². The van der Waals surface area contributed by atoms with Crippen LogP contribution >= 0.6 is 15.9 Å². The van der Waals surface area contributed by atoms with Gasteiger partial charge in [-0.05, 0) is 61.5 Å². The third-order valence-electron chi connectivity index (χ3n) is 4.41. The molecule has 0 saturated heterocycles. The van der Waals surface area contributed by atoms with Crippen LogP contribution in [0.3, 0.4) is 0 Å². The van der Waals surface area contributed by atoms with Gasteiger partial charge in [-0.25, -0.2) is 0 Å². The highest BCUT2D eigenvalue weighted by molar-refractivity contribution is 9.10. The molecule has 1 heterocycles. The number of aromatic nitrogens is 2. The second-order valence-corrected chi connectivity index (χ2v) is 6.87. The first kappa shape index (κ1) is 17.0. The van der Waals surface area contributed by atoms with Crippen LogP contribution in [0, 0.1) is 12.8 Å².